The van der Waals surface area contributed by atoms with Crippen molar-refractivity contribution in [3.63, 3.8) is 0 Å². The molecule has 104 valence electrons. The highest BCUT2D eigenvalue weighted by atomic mass is 16.4. The molecule has 0 atom stereocenters. The van der Waals surface area contributed by atoms with Crippen molar-refractivity contribution in [1.82, 2.24) is 9.78 Å². The van der Waals surface area contributed by atoms with Crippen molar-refractivity contribution in [3.05, 3.63) is 71.9 Å². The minimum absolute atomic E-state index is 0.169. The normalized spacial score (nSPS) is 11.6. The molecule has 0 unspecified atom stereocenters. The van der Waals surface area contributed by atoms with Crippen molar-refractivity contribution in [3.8, 4) is 11.5 Å². The number of hydrogen-bond acceptors (Lipinski definition) is 3. The van der Waals surface area contributed by atoms with E-state index in [1.165, 1.54) is 4.68 Å². The number of hydrogen-bond donors (Lipinski definition) is 0. The zero-order valence-corrected chi connectivity index (χ0v) is 11.4. The number of aromatic nitrogens is 2. The number of aryl methyl sites for hydroxylation is 1. The van der Waals surface area contributed by atoms with Crippen LogP contribution in [-0.2, 0) is 7.05 Å². The third-order valence-corrected chi connectivity index (χ3v) is 2.94. The van der Waals surface area contributed by atoms with E-state index in [9.17, 15) is 4.79 Å². The van der Waals surface area contributed by atoms with Crippen LogP contribution in [-0.4, -0.2) is 15.7 Å². The second-order valence-electron chi connectivity index (χ2n) is 4.46. The lowest BCUT2D eigenvalue weighted by molar-refractivity contribution is 0.0993. The zero-order valence-electron chi connectivity index (χ0n) is 11.4. The van der Waals surface area contributed by atoms with Crippen LogP contribution in [0.5, 0.6) is 0 Å². The topological polar surface area (TPSA) is 60.4 Å². The zero-order chi connectivity index (χ0) is 14.7. The molecular weight excluding hydrogens is 266 g/mol. The molecule has 0 aliphatic carbocycles. The standard InChI is InChI=1S/C16H13N3O2/c1-19-16(17-14(20)12-8-4-2-5-9-12)21-15(18-19)13-10-6-3-7-11-13/h2-11H,1H3. The maximum atomic E-state index is 12.0. The van der Waals surface area contributed by atoms with Gasteiger partial charge in [-0.25, -0.2) is 4.68 Å². The second-order valence-corrected chi connectivity index (χ2v) is 4.46. The SMILES string of the molecule is Cn1nc(-c2ccccc2)oc1=NC(=O)c1ccccc1. The molecular formula is C16H13N3O2. The molecule has 5 heteroatoms. The summed E-state index contributed by atoms with van der Waals surface area (Å²) in [6.07, 6.45) is 0. The molecule has 0 aliphatic rings. The van der Waals surface area contributed by atoms with Crippen molar-refractivity contribution in [2.45, 2.75) is 0 Å². The van der Waals surface area contributed by atoms with E-state index < -0.39 is 0 Å². The van der Waals surface area contributed by atoms with Gasteiger partial charge in [0.1, 0.15) is 0 Å². The first-order chi connectivity index (χ1) is 10.2. The number of rotatable bonds is 2. The summed E-state index contributed by atoms with van der Waals surface area (Å²) in [5, 5.41) is 4.23. The molecule has 1 aromatic heterocycles. The van der Waals surface area contributed by atoms with E-state index >= 15 is 0 Å². The van der Waals surface area contributed by atoms with Crippen LogP contribution >= 0.6 is 0 Å². The first kappa shape index (κ1) is 13.1. The molecule has 0 saturated heterocycles. The Hall–Kier alpha value is -2.95. The molecule has 0 bridgehead atoms. The predicted molar refractivity (Wildman–Crippen MR) is 77.2 cm³/mol. The predicted octanol–water partition coefficient (Wildman–Crippen LogP) is 2.42. The molecule has 5 nitrogen and oxygen atoms in total. The van der Waals surface area contributed by atoms with Gasteiger partial charge in [0.15, 0.2) is 0 Å². The Morgan fingerprint density at radius 1 is 1.05 bits per heavy atom. The summed E-state index contributed by atoms with van der Waals surface area (Å²) in [6, 6.07) is 18.3. The van der Waals surface area contributed by atoms with E-state index in [1.807, 2.05) is 36.4 Å². The van der Waals surface area contributed by atoms with Gasteiger partial charge in [-0.1, -0.05) is 36.4 Å². The fraction of sp³-hybridized carbons (Fsp3) is 0.0625. The molecule has 0 fully saturated rings. The van der Waals surface area contributed by atoms with Gasteiger partial charge in [0, 0.05) is 18.2 Å². The van der Waals surface area contributed by atoms with E-state index in [1.54, 1.807) is 31.3 Å². The summed E-state index contributed by atoms with van der Waals surface area (Å²) in [4.78, 5) is 16.0. The maximum absolute atomic E-state index is 12.0. The van der Waals surface area contributed by atoms with Gasteiger partial charge in [-0.15, -0.1) is 5.10 Å². The van der Waals surface area contributed by atoms with Crippen LogP contribution in [0.25, 0.3) is 11.5 Å². The lowest BCUT2D eigenvalue weighted by Gasteiger charge is -1.92. The van der Waals surface area contributed by atoms with E-state index in [2.05, 4.69) is 10.1 Å². The summed E-state index contributed by atoms with van der Waals surface area (Å²) in [5.41, 5.74) is 1.51. The second kappa shape index (κ2) is 5.58. The smallest absolute Gasteiger partial charge is 0.323 e. The molecule has 0 N–H and O–H groups in total. The molecule has 0 aliphatic heterocycles. The molecule has 3 aromatic rings. The Labute approximate surface area is 121 Å². The van der Waals surface area contributed by atoms with Crippen LogP contribution in [0.4, 0.5) is 0 Å². The van der Waals surface area contributed by atoms with Crippen molar-refractivity contribution in [2.24, 2.45) is 12.0 Å². The van der Waals surface area contributed by atoms with Crippen LogP contribution in [0.1, 0.15) is 10.4 Å². The number of carbonyl (C=O) groups is 1. The Bertz CT molecular complexity index is 817. The fourth-order valence-corrected chi connectivity index (χ4v) is 1.88. The minimum atomic E-state index is -0.359. The average Bonchev–Trinajstić information content (AvgIpc) is 2.90. The Morgan fingerprint density at radius 3 is 2.33 bits per heavy atom. The summed E-state index contributed by atoms with van der Waals surface area (Å²) < 4.78 is 7.00. The van der Waals surface area contributed by atoms with Gasteiger partial charge < -0.3 is 4.42 Å². The van der Waals surface area contributed by atoms with E-state index in [4.69, 9.17) is 4.42 Å². The van der Waals surface area contributed by atoms with Crippen LogP contribution in [0.3, 0.4) is 0 Å². The molecule has 2 aromatic carbocycles. The van der Waals surface area contributed by atoms with Gasteiger partial charge >= 0.3 is 5.68 Å². The number of benzene rings is 2. The first-order valence-electron chi connectivity index (χ1n) is 6.48. The van der Waals surface area contributed by atoms with E-state index in [0.717, 1.165) is 5.56 Å². The lowest BCUT2D eigenvalue weighted by Crippen LogP contribution is -2.16. The Balaban J connectivity index is 1.99. The molecule has 21 heavy (non-hydrogen) atoms. The molecule has 3 rings (SSSR count). The van der Waals surface area contributed by atoms with E-state index in [-0.39, 0.29) is 11.6 Å². The van der Waals surface area contributed by atoms with Gasteiger partial charge in [-0.3, -0.25) is 4.79 Å². The minimum Gasteiger partial charge on any atom is -0.403 e. The van der Waals surface area contributed by atoms with Crippen molar-refractivity contribution < 1.29 is 9.21 Å². The van der Waals surface area contributed by atoms with Crippen LogP contribution in [0.2, 0.25) is 0 Å². The summed E-state index contributed by atoms with van der Waals surface area (Å²) >= 11 is 0. The van der Waals surface area contributed by atoms with Crippen molar-refractivity contribution in [2.75, 3.05) is 0 Å². The van der Waals surface area contributed by atoms with Gasteiger partial charge in [-0.05, 0) is 24.3 Å². The highest BCUT2D eigenvalue weighted by Gasteiger charge is 2.08. The van der Waals surface area contributed by atoms with Gasteiger partial charge in [0.2, 0.25) is 5.89 Å². The molecule has 1 amide bonds. The monoisotopic (exact) mass is 279 g/mol. The Morgan fingerprint density at radius 2 is 1.67 bits per heavy atom. The largest absolute Gasteiger partial charge is 0.403 e. The third-order valence-electron chi connectivity index (χ3n) is 2.94. The molecule has 0 radical (unpaired) electrons. The summed E-state index contributed by atoms with van der Waals surface area (Å²) in [7, 11) is 1.69. The van der Waals surface area contributed by atoms with Crippen molar-refractivity contribution >= 4 is 5.91 Å². The highest BCUT2D eigenvalue weighted by Crippen LogP contribution is 2.13. The quantitative estimate of drug-likeness (QED) is 0.723. The lowest BCUT2D eigenvalue weighted by atomic mass is 10.2. The highest BCUT2D eigenvalue weighted by molar-refractivity contribution is 5.94. The number of amides is 1. The summed E-state index contributed by atoms with van der Waals surface area (Å²) in [6.45, 7) is 0. The third kappa shape index (κ3) is 2.81. The average molecular weight is 279 g/mol. The number of carbonyl (C=O) groups excluding carboxylic acids is 1. The van der Waals surface area contributed by atoms with Crippen LogP contribution < -0.4 is 5.68 Å². The van der Waals surface area contributed by atoms with Gasteiger partial charge in [0.05, 0.1) is 0 Å². The van der Waals surface area contributed by atoms with Crippen molar-refractivity contribution in [1.29, 1.82) is 0 Å². The van der Waals surface area contributed by atoms with E-state index in [0.29, 0.717) is 11.5 Å². The van der Waals surface area contributed by atoms with Crippen LogP contribution in [0.15, 0.2) is 70.1 Å². The molecule has 0 saturated carbocycles. The van der Waals surface area contributed by atoms with Gasteiger partial charge in [-0.2, -0.15) is 4.99 Å². The molecule has 0 spiro atoms. The molecule has 1 heterocycles. The summed E-state index contributed by atoms with van der Waals surface area (Å²) in [5.74, 6) is 0.0691. The number of nitrogens with zero attached hydrogens (tertiary/aromatic N) is 3. The first-order valence-corrected chi connectivity index (χ1v) is 6.48. The maximum Gasteiger partial charge on any atom is 0.323 e. The fourth-order valence-electron chi connectivity index (χ4n) is 1.88. The van der Waals surface area contributed by atoms with Gasteiger partial charge in [0.25, 0.3) is 5.91 Å². The Kier molecular flexibility index (Phi) is 3.47. The van der Waals surface area contributed by atoms with Crippen LogP contribution in [0, 0.1) is 0 Å².